The Morgan fingerprint density at radius 3 is 2.94 bits per heavy atom. The zero-order chi connectivity index (χ0) is 11.5. The molecule has 0 bridgehead atoms. The number of nitrogens with two attached hydrogens (primary N) is 1. The Balaban J connectivity index is 2.12. The second kappa shape index (κ2) is 4.73. The summed E-state index contributed by atoms with van der Waals surface area (Å²) in [5.74, 6) is 5.56. The van der Waals surface area contributed by atoms with Gasteiger partial charge in [0.1, 0.15) is 0 Å². The number of rotatable bonds is 4. The van der Waals surface area contributed by atoms with Crippen LogP contribution in [-0.4, -0.2) is 14.8 Å². The second-order valence-corrected chi connectivity index (χ2v) is 4.95. The van der Waals surface area contributed by atoms with E-state index in [9.17, 15) is 0 Å². The van der Waals surface area contributed by atoms with Gasteiger partial charge in [0.25, 0.3) is 0 Å². The summed E-state index contributed by atoms with van der Waals surface area (Å²) < 4.78 is 1.79. The lowest BCUT2D eigenvalue weighted by Crippen LogP contribution is -2.29. The van der Waals surface area contributed by atoms with Gasteiger partial charge >= 0.3 is 0 Å². The van der Waals surface area contributed by atoms with Crippen molar-refractivity contribution in [2.45, 2.75) is 19.4 Å². The average molecular weight is 237 g/mol. The van der Waals surface area contributed by atoms with Gasteiger partial charge in [-0.25, -0.2) is 4.98 Å². The van der Waals surface area contributed by atoms with Crippen molar-refractivity contribution >= 4 is 11.3 Å². The summed E-state index contributed by atoms with van der Waals surface area (Å²) in [7, 11) is 1.91. The summed E-state index contributed by atoms with van der Waals surface area (Å²) in [6, 6.07) is 2.08. The van der Waals surface area contributed by atoms with E-state index in [0.717, 1.165) is 22.0 Å². The van der Waals surface area contributed by atoms with Crippen LogP contribution in [0, 0.1) is 6.92 Å². The fourth-order valence-electron chi connectivity index (χ4n) is 1.56. The van der Waals surface area contributed by atoms with E-state index in [4.69, 9.17) is 5.84 Å². The highest BCUT2D eigenvalue weighted by Crippen LogP contribution is 2.22. The molecular formula is C10H15N5S. The highest BCUT2D eigenvalue weighted by Gasteiger charge is 2.14. The Bertz CT molecular complexity index is 461. The van der Waals surface area contributed by atoms with E-state index in [1.807, 2.05) is 32.4 Å². The lowest BCUT2D eigenvalue weighted by Gasteiger charge is -2.11. The van der Waals surface area contributed by atoms with Crippen molar-refractivity contribution in [1.29, 1.82) is 0 Å². The van der Waals surface area contributed by atoms with Crippen molar-refractivity contribution in [3.8, 4) is 0 Å². The first-order valence-electron chi connectivity index (χ1n) is 5.06. The van der Waals surface area contributed by atoms with Crippen molar-refractivity contribution in [3.63, 3.8) is 0 Å². The number of thiazole rings is 1. The molecule has 3 N–H and O–H groups in total. The molecule has 1 atom stereocenters. The van der Waals surface area contributed by atoms with Gasteiger partial charge < -0.3 is 0 Å². The van der Waals surface area contributed by atoms with Crippen LogP contribution in [0.2, 0.25) is 0 Å². The number of hydrazine groups is 1. The summed E-state index contributed by atoms with van der Waals surface area (Å²) in [5, 5.41) is 5.39. The Hall–Kier alpha value is -1.24. The maximum absolute atomic E-state index is 5.56. The van der Waals surface area contributed by atoms with Crippen molar-refractivity contribution in [2.75, 3.05) is 0 Å². The van der Waals surface area contributed by atoms with Gasteiger partial charge in [-0.3, -0.25) is 16.0 Å². The monoisotopic (exact) mass is 237 g/mol. The molecule has 86 valence electrons. The maximum Gasteiger partial charge on any atom is 0.0897 e. The molecule has 0 aromatic carbocycles. The average Bonchev–Trinajstić information content (AvgIpc) is 2.84. The van der Waals surface area contributed by atoms with Crippen LogP contribution in [0.15, 0.2) is 18.5 Å². The van der Waals surface area contributed by atoms with Crippen LogP contribution in [0.5, 0.6) is 0 Å². The number of nitrogens with one attached hydrogen (secondary N) is 1. The largest absolute Gasteiger partial charge is 0.276 e. The van der Waals surface area contributed by atoms with Gasteiger partial charge in [0.05, 0.1) is 16.7 Å². The SMILES string of the molecule is Cc1ncc(C(Cc2ccn(C)n2)NN)s1. The molecule has 0 spiro atoms. The molecule has 0 aliphatic carbocycles. The van der Waals surface area contributed by atoms with E-state index in [2.05, 4.69) is 15.5 Å². The summed E-state index contributed by atoms with van der Waals surface area (Å²) in [4.78, 5) is 5.37. The fourth-order valence-corrected chi connectivity index (χ4v) is 2.41. The van der Waals surface area contributed by atoms with Crippen molar-refractivity contribution in [3.05, 3.63) is 34.0 Å². The molecule has 2 aromatic heterocycles. The van der Waals surface area contributed by atoms with Crippen LogP contribution in [0.4, 0.5) is 0 Å². The molecule has 0 amide bonds. The van der Waals surface area contributed by atoms with Crippen LogP contribution >= 0.6 is 11.3 Å². The van der Waals surface area contributed by atoms with Gasteiger partial charge in [-0.05, 0) is 13.0 Å². The first-order valence-corrected chi connectivity index (χ1v) is 5.87. The van der Waals surface area contributed by atoms with E-state index < -0.39 is 0 Å². The zero-order valence-electron chi connectivity index (χ0n) is 9.34. The third kappa shape index (κ3) is 2.46. The zero-order valence-corrected chi connectivity index (χ0v) is 10.2. The first-order chi connectivity index (χ1) is 7.69. The molecule has 2 heterocycles. The van der Waals surface area contributed by atoms with Crippen LogP contribution in [-0.2, 0) is 13.5 Å². The first kappa shape index (κ1) is 11.3. The van der Waals surface area contributed by atoms with E-state index in [1.165, 1.54) is 0 Å². The second-order valence-electron chi connectivity index (χ2n) is 3.69. The number of aromatic nitrogens is 3. The minimum absolute atomic E-state index is 0.0844. The molecule has 0 fully saturated rings. The van der Waals surface area contributed by atoms with Gasteiger partial charge in [0.15, 0.2) is 0 Å². The molecule has 1 unspecified atom stereocenters. The normalized spacial score (nSPS) is 12.9. The Labute approximate surface area is 98.3 Å². The smallest absolute Gasteiger partial charge is 0.0897 e. The van der Waals surface area contributed by atoms with Gasteiger partial charge in [-0.1, -0.05) is 0 Å². The third-order valence-electron chi connectivity index (χ3n) is 2.37. The summed E-state index contributed by atoms with van der Waals surface area (Å²) in [6.07, 6.45) is 4.58. The van der Waals surface area contributed by atoms with Crippen molar-refractivity contribution in [2.24, 2.45) is 12.9 Å². The van der Waals surface area contributed by atoms with E-state index in [1.54, 1.807) is 16.0 Å². The fraction of sp³-hybridized carbons (Fsp3) is 0.400. The Morgan fingerprint density at radius 1 is 1.62 bits per heavy atom. The third-order valence-corrected chi connectivity index (χ3v) is 3.39. The summed E-state index contributed by atoms with van der Waals surface area (Å²) >= 11 is 1.66. The molecule has 0 saturated carbocycles. The van der Waals surface area contributed by atoms with E-state index in [-0.39, 0.29) is 6.04 Å². The number of aryl methyl sites for hydroxylation is 2. The van der Waals surface area contributed by atoms with Crippen LogP contribution in [0.1, 0.15) is 21.6 Å². The Morgan fingerprint density at radius 2 is 2.44 bits per heavy atom. The molecule has 0 aliphatic rings. The Kier molecular flexibility index (Phi) is 3.33. The van der Waals surface area contributed by atoms with Crippen LogP contribution < -0.4 is 11.3 Å². The number of hydrogen-bond acceptors (Lipinski definition) is 5. The predicted molar refractivity (Wildman–Crippen MR) is 63.8 cm³/mol. The molecular weight excluding hydrogens is 222 g/mol. The molecule has 5 nitrogen and oxygen atoms in total. The van der Waals surface area contributed by atoms with Crippen LogP contribution in [0.3, 0.4) is 0 Å². The number of nitrogens with zero attached hydrogens (tertiary/aromatic N) is 3. The molecule has 16 heavy (non-hydrogen) atoms. The standard InChI is InChI=1S/C10H15N5S/c1-7-12-6-10(16-7)9(13-11)5-8-3-4-15(2)14-8/h3-4,6,9,13H,5,11H2,1-2H3. The quantitative estimate of drug-likeness (QED) is 0.613. The minimum Gasteiger partial charge on any atom is -0.276 e. The molecule has 2 aromatic rings. The molecule has 2 rings (SSSR count). The summed E-state index contributed by atoms with van der Waals surface area (Å²) in [6.45, 7) is 1.99. The topological polar surface area (TPSA) is 68.8 Å². The van der Waals surface area contributed by atoms with Crippen molar-refractivity contribution in [1.82, 2.24) is 20.2 Å². The van der Waals surface area contributed by atoms with E-state index in [0.29, 0.717) is 0 Å². The highest BCUT2D eigenvalue weighted by molar-refractivity contribution is 7.11. The van der Waals surface area contributed by atoms with Gasteiger partial charge in [0, 0.05) is 30.7 Å². The van der Waals surface area contributed by atoms with E-state index >= 15 is 0 Å². The van der Waals surface area contributed by atoms with Crippen LogP contribution in [0.25, 0.3) is 0 Å². The van der Waals surface area contributed by atoms with Gasteiger partial charge in [-0.2, -0.15) is 5.10 Å². The lowest BCUT2D eigenvalue weighted by molar-refractivity contribution is 0.548. The molecule has 0 saturated heterocycles. The molecule has 0 aliphatic heterocycles. The minimum atomic E-state index is 0.0844. The van der Waals surface area contributed by atoms with Gasteiger partial charge in [-0.15, -0.1) is 11.3 Å². The maximum atomic E-state index is 5.56. The summed E-state index contributed by atoms with van der Waals surface area (Å²) in [5.41, 5.74) is 3.84. The lowest BCUT2D eigenvalue weighted by atomic mass is 10.1. The predicted octanol–water partition coefficient (Wildman–Crippen LogP) is 0.932. The number of hydrogen-bond donors (Lipinski definition) is 2. The molecule has 6 heteroatoms. The van der Waals surface area contributed by atoms with Gasteiger partial charge in [0.2, 0.25) is 0 Å². The highest BCUT2D eigenvalue weighted by atomic mass is 32.1. The molecule has 0 radical (unpaired) electrons. The van der Waals surface area contributed by atoms with Crippen molar-refractivity contribution < 1.29 is 0 Å².